The first-order valence-corrected chi connectivity index (χ1v) is 10.3. The first-order valence-electron chi connectivity index (χ1n) is 7.40. The molecule has 0 N–H and O–H groups in total. The molecule has 1 aliphatic rings. The Kier molecular flexibility index (Phi) is 6.44. The van der Waals surface area contributed by atoms with E-state index in [9.17, 15) is 9.59 Å². The maximum Gasteiger partial charge on any atom is 0.363 e. The van der Waals surface area contributed by atoms with Gasteiger partial charge >= 0.3 is 11.9 Å². The Morgan fingerprint density at radius 2 is 1.81 bits per heavy atom. The number of hydrogen-bond donors (Lipinski definition) is 0. The highest BCUT2D eigenvalue weighted by Crippen LogP contribution is 2.31. The van der Waals surface area contributed by atoms with E-state index in [1.807, 2.05) is 0 Å². The summed E-state index contributed by atoms with van der Waals surface area (Å²) >= 11 is 16.0. The summed E-state index contributed by atoms with van der Waals surface area (Å²) in [6, 6.07) is 8.43. The molecule has 2 aromatic carbocycles. The number of esters is 2. The van der Waals surface area contributed by atoms with Crippen LogP contribution in [0.4, 0.5) is 0 Å². The van der Waals surface area contributed by atoms with Crippen LogP contribution >= 0.6 is 68.4 Å². The van der Waals surface area contributed by atoms with E-state index < -0.39 is 11.9 Å². The topological polar surface area (TPSA) is 65.0 Å². The Balaban J connectivity index is 1.95. The Labute approximate surface area is 192 Å². The van der Waals surface area contributed by atoms with Crippen molar-refractivity contribution in [2.24, 2.45) is 4.99 Å². The molecule has 9 heteroatoms. The summed E-state index contributed by atoms with van der Waals surface area (Å²) in [6.07, 6.45) is 1.61. The van der Waals surface area contributed by atoms with Crippen molar-refractivity contribution in [1.82, 2.24) is 0 Å². The Bertz CT molecular complexity index is 1010. The van der Waals surface area contributed by atoms with Crippen molar-refractivity contribution in [3.8, 4) is 5.75 Å². The van der Waals surface area contributed by atoms with Gasteiger partial charge in [-0.3, -0.25) is 4.79 Å². The van der Waals surface area contributed by atoms with E-state index in [0.29, 0.717) is 21.4 Å². The molecule has 0 aliphatic carbocycles. The third-order valence-corrected chi connectivity index (χ3v) is 5.70. The molecule has 1 aliphatic heterocycles. The molecule has 0 amide bonds. The Hall–Kier alpha value is -1.17. The molecule has 1 heterocycles. The zero-order valence-corrected chi connectivity index (χ0v) is 19.4. The number of rotatable bonds is 3. The molecule has 0 radical (unpaired) electrons. The minimum Gasteiger partial charge on any atom is -0.424 e. The van der Waals surface area contributed by atoms with Crippen LogP contribution in [0.1, 0.15) is 18.1 Å². The summed E-state index contributed by atoms with van der Waals surface area (Å²) in [5, 5.41) is 0.744. The summed E-state index contributed by atoms with van der Waals surface area (Å²) in [5.41, 5.74) is 1.43. The zero-order valence-electron chi connectivity index (χ0n) is 13.6. The van der Waals surface area contributed by atoms with Crippen molar-refractivity contribution in [1.29, 1.82) is 0 Å². The monoisotopic (exact) mass is 627 g/mol. The van der Waals surface area contributed by atoms with Crippen LogP contribution in [0.15, 0.2) is 41.0 Å². The van der Waals surface area contributed by atoms with Crippen LogP contribution in [-0.4, -0.2) is 17.8 Å². The number of carbonyl (C=O) groups is 2. The van der Waals surface area contributed by atoms with Gasteiger partial charge in [0.1, 0.15) is 0 Å². The van der Waals surface area contributed by atoms with Gasteiger partial charge in [-0.25, -0.2) is 9.79 Å². The van der Waals surface area contributed by atoms with Crippen molar-refractivity contribution in [2.75, 3.05) is 0 Å². The van der Waals surface area contributed by atoms with Gasteiger partial charge in [-0.1, -0.05) is 23.2 Å². The summed E-state index contributed by atoms with van der Waals surface area (Å²) in [7, 11) is 0. The van der Waals surface area contributed by atoms with E-state index in [0.717, 1.165) is 12.7 Å². The number of aliphatic imine (C=N–C) groups is 1. The normalized spacial score (nSPS) is 14.9. The average Bonchev–Trinajstić information content (AvgIpc) is 2.94. The van der Waals surface area contributed by atoms with E-state index in [2.05, 4.69) is 50.2 Å². The van der Waals surface area contributed by atoms with Gasteiger partial charge in [-0.05, 0) is 87.2 Å². The van der Waals surface area contributed by atoms with Gasteiger partial charge in [0.25, 0.3) is 0 Å². The van der Waals surface area contributed by atoms with Gasteiger partial charge in [0, 0.05) is 12.5 Å². The fraction of sp³-hybridized carbons (Fsp3) is 0.0556. The molecular weight excluding hydrogens is 619 g/mol. The van der Waals surface area contributed by atoms with Gasteiger partial charge in [-0.15, -0.1) is 0 Å². The molecule has 0 saturated heterocycles. The number of cyclic esters (lactones) is 1. The molecule has 0 spiro atoms. The molecule has 138 valence electrons. The van der Waals surface area contributed by atoms with Crippen LogP contribution in [0.3, 0.4) is 0 Å². The SMILES string of the molecule is CC(=O)Oc1c(I)cc(/C=C2\N=C(c3ccc(Cl)c(Cl)c3)OC2=O)cc1I. The fourth-order valence-corrected chi connectivity index (χ4v) is 4.56. The van der Waals surface area contributed by atoms with E-state index >= 15 is 0 Å². The molecule has 5 nitrogen and oxygen atoms in total. The van der Waals surface area contributed by atoms with Crippen molar-refractivity contribution < 1.29 is 19.1 Å². The van der Waals surface area contributed by atoms with Crippen LogP contribution in [0, 0.1) is 7.14 Å². The van der Waals surface area contributed by atoms with Crippen molar-refractivity contribution in [3.05, 3.63) is 64.3 Å². The van der Waals surface area contributed by atoms with Gasteiger partial charge < -0.3 is 9.47 Å². The highest BCUT2D eigenvalue weighted by atomic mass is 127. The van der Waals surface area contributed by atoms with Crippen LogP contribution < -0.4 is 4.74 Å². The number of carbonyl (C=O) groups excluding carboxylic acids is 2. The Morgan fingerprint density at radius 1 is 1.15 bits per heavy atom. The lowest BCUT2D eigenvalue weighted by atomic mass is 10.2. The minimum atomic E-state index is -0.565. The van der Waals surface area contributed by atoms with Crippen molar-refractivity contribution in [3.63, 3.8) is 0 Å². The molecule has 0 atom stereocenters. The second-order valence-corrected chi connectivity index (χ2v) is 8.51. The molecule has 3 rings (SSSR count). The van der Waals surface area contributed by atoms with Crippen LogP contribution in [-0.2, 0) is 14.3 Å². The molecule has 0 bridgehead atoms. The van der Waals surface area contributed by atoms with Gasteiger partial charge in [-0.2, -0.15) is 0 Å². The van der Waals surface area contributed by atoms with Gasteiger partial charge in [0.05, 0.1) is 17.2 Å². The number of hydrogen-bond acceptors (Lipinski definition) is 5. The standard InChI is InChI=1S/C18H9Cl2I2NO4/c1-8(24)26-16-13(21)4-9(5-14(16)22)6-15-18(25)27-17(23-15)10-2-3-11(19)12(20)7-10/h2-7H,1H3/b15-6-. The first-order chi connectivity index (χ1) is 12.7. The molecule has 0 saturated carbocycles. The zero-order chi connectivity index (χ0) is 19.7. The predicted octanol–water partition coefficient (Wildman–Crippen LogP) is 5.47. The molecule has 0 fully saturated rings. The van der Waals surface area contributed by atoms with E-state index in [4.69, 9.17) is 32.7 Å². The maximum absolute atomic E-state index is 12.2. The molecule has 27 heavy (non-hydrogen) atoms. The largest absolute Gasteiger partial charge is 0.424 e. The third kappa shape index (κ3) is 4.82. The van der Waals surface area contributed by atoms with Crippen LogP contribution in [0.2, 0.25) is 10.0 Å². The third-order valence-electron chi connectivity index (χ3n) is 3.36. The number of benzene rings is 2. The lowest BCUT2D eigenvalue weighted by molar-refractivity contribution is -0.132. The van der Waals surface area contributed by atoms with Gasteiger partial charge in [0.2, 0.25) is 5.90 Å². The molecular formula is C18H9Cl2I2NO4. The van der Waals surface area contributed by atoms with E-state index in [-0.39, 0.29) is 11.6 Å². The maximum atomic E-state index is 12.2. The van der Waals surface area contributed by atoms with E-state index in [1.54, 1.807) is 36.4 Å². The van der Waals surface area contributed by atoms with Crippen molar-refractivity contribution in [2.45, 2.75) is 6.92 Å². The number of halogens is 4. The Morgan fingerprint density at radius 3 is 2.41 bits per heavy atom. The number of ether oxygens (including phenoxy) is 2. The predicted molar refractivity (Wildman–Crippen MR) is 120 cm³/mol. The fourth-order valence-electron chi connectivity index (χ4n) is 2.22. The summed E-state index contributed by atoms with van der Waals surface area (Å²) in [6.45, 7) is 1.34. The highest BCUT2D eigenvalue weighted by molar-refractivity contribution is 14.1. The summed E-state index contributed by atoms with van der Waals surface area (Å²) in [5.74, 6) is -0.317. The second kappa shape index (κ2) is 8.46. The highest BCUT2D eigenvalue weighted by Gasteiger charge is 2.25. The molecule has 0 unspecified atom stereocenters. The summed E-state index contributed by atoms with van der Waals surface area (Å²) in [4.78, 5) is 27.6. The van der Waals surface area contributed by atoms with Gasteiger partial charge in [0.15, 0.2) is 11.4 Å². The van der Waals surface area contributed by atoms with E-state index in [1.165, 1.54) is 6.92 Å². The summed E-state index contributed by atoms with van der Waals surface area (Å²) < 4.78 is 11.9. The van der Waals surface area contributed by atoms with Crippen LogP contribution in [0.5, 0.6) is 5.75 Å². The molecule has 2 aromatic rings. The quantitative estimate of drug-likeness (QED) is 0.196. The smallest absolute Gasteiger partial charge is 0.363 e. The lowest BCUT2D eigenvalue weighted by Crippen LogP contribution is -2.05. The number of nitrogens with zero attached hydrogens (tertiary/aromatic N) is 1. The minimum absolute atomic E-state index is 0.155. The van der Waals surface area contributed by atoms with Crippen molar-refractivity contribution >= 4 is 92.3 Å². The second-order valence-electron chi connectivity index (χ2n) is 5.37. The average molecular weight is 628 g/mol. The first kappa shape index (κ1) is 20.6. The lowest BCUT2D eigenvalue weighted by Gasteiger charge is -2.08. The molecule has 0 aromatic heterocycles. The van der Waals surface area contributed by atoms with Crippen LogP contribution in [0.25, 0.3) is 6.08 Å².